The van der Waals surface area contributed by atoms with Gasteiger partial charge < -0.3 is 24.8 Å². The number of urea groups is 1. The van der Waals surface area contributed by atoms with E-state index < -0.39 is 23.0 Å². The van der Waals surface area contributed by atoms with Crippen LogP contribution in [-0.2, 0) is 9.53 Å². The smallest absolute Gasteiger partial charge is 0.338 e. The summed E-state index contributed by atoms with van der Waals surface area (Å²) in [7, 11) is 2.74. The van der Waals surface area contributed by atoms with Crippen LogP contribution in [0, 0.1) is 16.0 Å². The maximum atomic E-state index is 12.7. The third-order valence-corrected chi connectivity index (χ3v) is 4.22. The van der Waals surface area contributed by atoms with Gasteiger partial charge in [-0.05, 0) is 18.9 Å². The number of nitro groups is 1. The molecule has 1 heterocycles. The summed E-state index contributed by atoms with van der Waals surface area (Å²) in [6.07, 6.45) is 0. The standard InChI is InChI=1S/C18H23N3O7/c1-6-28-17(22)14-15(9(2)3)19-18(23)20-16(14)10-7-12(26-4)13(27-5)8-11(10)21(24)25/h7-9,16H,6H2,1-5H3,(H2,19,20,23). The monoisotopic (exact) mass is 393 g/mol. The van der Waals surface area contributed by atoms with Crippen molar-refractivity contribution in [2.75, 3.05) is 20.8 Å². The van der Waals surface area contributed by atoms with E-state index >= 15 is 0 Å². The molecule has 2 rings (SSSR count). The Bertz CT molecular complexity index is 833. The van der Waals surface area contributed by atoms with Crippen molar-refractivity contribution in [3.8, 4) is 11.5 Å². The summed E-state index contributed by atoms with van der Waals surface area (Å²) in [6.45, 7) is 5.35. The minimum absolute atomic E-state index is 0.0821. The number of carbonyl (C=O) groups is 2. The summed E-state index contributed by atoms with van der Waals surface area (Å²) in [5, 5.41) is 16.9. The van der Waals surface area contributed by atoms with Crippen LogP contribution in [0.15, 0.2) is 23.4 Å². The van der Waals surface area contributed by atoms with E-state index in [0.29, 0.717) is 5.70 Å². The molecule has 28 heavy (non-hydrogen) atoms. The van der Waals surface area contributed by atoms with Gasteiger partial charge in [-0.3, -0.25) is 10.1 Å². The lowest BCUT2D eigenvalue weighted by Crippen LogP contribution is -2.47. The molecule has 1 aliphatic rings. The number of amides is 2. The molecule has 0 saturated carbocycles. The van der Waals surface area contributed by atoms with Crippen molar-refractivity contribution in [2.24, 2.45) is 5.92 Å². The normalized spacial score (nSPS) is 16.4. The Balaban J connectivity index is 2.78. The van der Waals surface area contributed by atoms with Gasteiger partial charge in [-0.2, -0.15) is 0 Å². The Labute approximate surface area is 162 Å². The lowest BCUT2D eigenvalue weighted by molar-refractivity contribution is -0.385. The van der Waals surface area contributed by atoms with Gasteiger partial charge in [0.05, 0.1) is 49.0 Å². The van der Waals surface area contributed by atoms with Gasteiger partial charge in [0, 0.05) is 5.70 Å². The van der Waals surface area contributed by atoms with Crippen LogP contribution in [0.4, 0.5) is 10.5 Å². The van der Waals surface area contributed by atoms with Crippen molar-refractivity contribution in [3.05, 3.63) is 39.1 Å². The molecule has 0 aliphatic carbocycles. The molecule has 10 nitrogen and oxygen atoms in total. The first-order chi connectivity index (χ1) is 13.2. The third-order valence-electron chi connectivity index (χ3n) is 4.22. The number of rotatable bonds is 7. The molecule has 1 aromatic carbocycles. The second kappa shape index (κ2) is 8.59. The number of nitro benzene ring substituents is 1. The van der Waals surface area contributed by atoms with Crippen molar-refractivity contribution in [1.29, 1.82) is 0 Å². The topological polar surface area (TPSA) is 129 Å². The highest BCUT2D eigenvalue weighted by atomic mass is 16.6. The van der Waals surface area contributed by atoms with Crippen LogP contribution in [-0.4, -0.2) is 37.8 Å². The van der Waals surface area contributed by atoms with Crippen LogP contribution in [0.2, 0.25) is 0 Å². The number of esters is 1. The second-order valence-corrected chi connectivity index (χ2v) is 6.26. The fourth-order valence-corrected chi connectivity index (χ4v) is 2.98. The predicted octanol–water partition coefficient (Wildman–Crippen LogP) is 2.44. The Morgan fingerprint density at radius 2 is 1.86 bits per heavy atom. The van der Waals surface area contributed by atoms with Crippen LogP contribution in [0.1, 0.15) is 32.4 Å². The molecule has 0 radical (unpaired) electrons. The molecular weight excluding hydrogens is 370 g/mol. The molecule has 0 fully saturated rings. The van der Waals surface area contributed by atoms with E-state index in [1.54, 1.807) is 20.8 Å². The van der Waals surface area contributed by atoms with Gasteiger partial charge in [0.1, 0.15) is 0 Å². The SMILES string of the molecule is CCOC(=O)C1=C(C(C)C)NC(=O)NC1c1cc(OC)c(OC)cc1[N+](=O)[O-]. The number of nitrogens with zero attached hydrogens (tertiary/aromatic N) is 1. The highest BCUT2D eigenvalue weighted by Crippen LogP contribution is 2.41. The fourth-order valence-electron chi connectivity index (χ4n) is 2.98. The van der Waals surface area contributed by atoms with Gasteiger partial charge in [0.25, 0.3) is 5.69 Å². The molecule has 10 heteroatoms. The van der Waals surface area contributed by atoms with Gasteiger partial charge in [-0.1, -0.05) is 13.8 Å². The molecule has 1 aromatic rings. The summed E-state index contributed by atoms with van der Waals surface area (Å²) in [6, 6.07) is 0.904. The van der Waals surface area contributed by atoms with E-state index in [-0.39, 0.29) is 40.8 Å². The van der Waals surface area contributed by atoms with E-state index in [9.17, 15) is 19.7 Å². The Morgan fingerprint density at radius 1 is 1.25 bits per heavy atom. The highest BCUT2D eigenvalue weighted by molar-refractivity contribution is 5.95. The largest absolute Gasteiger partial charge is 0.493 e. The molecule has 1 unspecified atom stereocenters. The number of ether oxygens (including phenoxy) is 3. The molecule has 1 atom stereocenters. The minimum Gasteiger partial charge on any atom is -0.493 e. The van der Waals surface area contributed by atoms with Gasteiger partial charge in [-0.15, -0.1) is 0 Å². The van der Waals surface area contributed by atoms with Crippen molar-refractivity contribution in [1.82, 2.24) is 10.6 Å². The zero-order valence-electron chi connectivity index (χ0n) is 16.3. The average molecular weight is 393 g/mol. The first kappa shape index (κ1) is 21.0. The molecule has 1 aliphatic heterocycles. The number of hydrogen-bond acceptors (Lipinski definition) is 7. The second-order valence-electron chi connectivity index (χ2n) is 6.26. The summed E-state index contributed by atoms with van der Waals surface area (Å²) < 4.78 is 15.5. The average Bonchev–Trinajstić information content (AvgIpc) is 2.65. The molecule has 0 saturated heterocycles. The number of hydrogen-bond donors (Lipinski definition) is 2. The predicted molar refractivity (Wildman–Crippen MR) is 99.1 cm³/mol. The number of methoxy groups -OCH3 is 2. The zero-order valence-corrected chi connectivity index (χ0v) is 16.3. The summed E-state index contributed by atoms with van der Waals surface area (Å²) >= 11 is 0. The molecule has 0 bridgehead atoms. The van der Waals surface area contributed by atoms with Crippen molar-refractivity contribution < 1.29 is 28.7 Å². The molecule has 0 aromatic heterocycles. The summed E-state index contributed by atoms with van der Waals surface area (Å²) in [5.41, 5.74) is 0.205. The number of benzene rings is 1. The van der Waals surface area contributed by atoms with E-state index in [2.05, 4.69) is 10.6 Å². The molecule has 0 spiro atoms. The van der Waals surface area contributed by atoms with Crippen molar-refractivity contribution >= 4 is 17.7 Å². The minimum atomic E-state index is -1.09. The summed E-state index contributed by atoms with van der Waals surface area (Å²) in [5.74, 6) is -0.519. The Morgan fingerprint density at radius 3 is 2.36 bits per heavy atom. The van der Waals surface area contributed by atoms with Crippen LogP contribution in [0.3, 0.4) is 0 Å². The Kier molecular flexibility index (Phi) is 6.45. The zero-order chi connectivity index (χ0) is 21.0. The molecular formula is C18H23N3O7. The van der Waals surface area contributed by atoms with E-state index in [1.165, 1.54) is 26.4 Å². The molecule has 2 N–H and O–H groups in total. The number of nitrogens with one attached hydrogen (secondary N) is 2. The molecule has 2 amide bonds. The number of carbonyl (C=O) groups excluding carboxylic acids is 2. The highest BCUT2D eigenvalue weighted by Gasteiger charge is 2.38. The van der Waals surface area contributed by atoms with E-state index in [0.717, 1.165) is 0 Å². The van der Waals surface area contributed by atoms with E-state index in [1.807, 2.05) is 0 Å². The lowest BCUT2D eigenvalue weighted by atomic mass is 9.90. The van der Waals surface area contributed by atoms with Gasteiger partial charge >= 0.3 is 12.0 Å². The van der Waals surface area contributed by atoms with E-state index in [4.69, 9.17) is 14.2 Å². The lowest BCUT2D eigenvalue weighted by Gasteiger charge is -2.31. The van der Waals surface area contributed by atoms with Crippen LogP contribution in [0.25, 0.3) is 0 Å². The first-order valence-electron chi connectivity index (χ1n) is 8.64. The fraction of sp³-hybridized carbons (Fsp3) is 0.444. The Hall–Kier alpha value is -3.30. The molecule has 152 valence electrons. The van der Waals surface area contributed by atoms with Crippen LogP contribution < -0.4 is 20.1 Å². The van der Waals surface area contributed by atoms with Gasteiger partial charge in [-0.25, -0.2) is 9.59 Å². The maximum absolute atomic E-state index is 12.7. The van der Waals surface area contributed by atoms with Crippen LogP contribution >= 0.6 is 0 Å². The quantitative estimate of drug-likeness (QED) is 0.413. The van der Waals surface area contributed by atoms with Crippen molar-refractivity contribution in [2.45, 2.75) is 26.8 Å². The maximum Gasteiger partial charge on any atom is 0.338 e. The third kappa shape index (κ3) is 4.00. The van der Waals surface area contributed by atoms with Gasteiger partial charge in [0.2, 0.25) is 0 Å². The van der Waals surface area contributed by atoms with Gasteiger partial charge in [0.15, 0.2) is 11.5 Å². The first-order valence-corrected chi connectivity index (χ1v) is 8.64. The van der Waals surface area contributed by atoms with Crippen molar-refractivity contribution in [3.63, 3.8) is 0 Å². The summed E-state index contributed by atoms with van der Waals surface area (Å²) in [4.78, 5) is 35.9. The van der Waals surface area contributed by atoms with Crippen LogP contribution in [0.5, 0.6) is 11.5 Å². The number of allylic oxidation sites excluding steroid dienone is 1.